The van der Waals surface area contributed by atoms with Crippen LogP contribution in [0.4, 0.5) is 17.6 Å². The van der Waals surface area contributed by atoms with Gasteiger partial charge >= 0.3 is 6.18 Å². The summed E-state index contributed by atoms with van der Waals surface area (Å²) >= 11 is 0. The van der Waals surface area contributed by atoms with E-state index in [-0.39, 0.29) is 11.5 Å². The second-order valence-corrected chi connectivity index (χ2v) is 8.32. The first kappa shape index (κ1) is 21.8. The molecule has 4 rings (SSSR count). The molecule has 9 heteroatoms. The Kier molecular flexibility index (Phi) is 6.05. The summed E-state index contributed by atoms with van der Waals surface area (Å²) in [5, 5.41) is 7.26. The number of halogens is 4. The highest BCUT2D eigenvalue weighted by Crippen LogP contribution is 2.40. The van der Waals surface area contributed by atoms with Crippen molar-refractivity contribution in [2.24, 2.45) is 0 Å². The molecular weight excluding hydrogens is 412 g/mol. The van der Waals surface area contributed by atoms with Crippen molar-refractivity contribution >= 4 is 5.91 Å². The number of rotatable bonds is 4. The lowest BCUT2D eigenvalue weighted by Crippen LogP contribution is -2.39. The van der Waals surface area contributed by atoms with Gasteiger partial charge in [-0.15, -0.1) is 0 Å². The van der Waals surface area contributed by atoms with Crippen LogP contribution in [0.5, 0.6) is 0 Å². The second kappa shape index (κ2) is 8.61. The van der Waals surface area contributed by atoms with E-state index in [4.69, 9.17) is 0 Å². The van der Waals surface area contributed by atoms with Gasteiger partial charge in [0, 0.05) is 31.7 Å². The highest BCUT2D eigenvalue weighted by atomic mass is 19.4. The minimum Gasteiger partial charge on any atom is -0.337 e. The fourth-order valence-corrected chi connectivity index (χ4v) is 4.78. The summed E-state index contributed by atoms with van der Waals surface area (Å²) < 4.78 is 54.0. The number of benzene rings is 1. The van der Waals surface area contributed by atoms with Crippen molar-refractivity contribution in [2.75, 3.05) is 26.2 Å². The van der Waals surface area contributed by atoms with E-state index in [0.717, 1.165) is 49.8 Å². The zero-order valence-corrected chi connectivity index (χ0v) is 17.4. The summed E-state index contributed by atoms with van der Waals surface area (Å²) in [7, 11) is 0. The van der Waals surface area contributed by atoms with Gasteiger partial charge < -0.3 is 4.90 Å². The van der Waals surface area contributed by atoms with Crippen LogP contribution in [-0.4, -0.2) is 52.1 Å². The second-order valence-electron chi connectivity index (χ2n) is 8.32. The van der Waals surface area contributed by atoms with Crippen molar-refractivity contribution < 1.29 is 22.4 Å². The van der Waals surface area contributed by atoms with Crippen LogP contribution < -0.4 is 0 Å². The number of nitrogens with one attached hydrogen (secondary N) is 1. The van der Waals surface area contributed by atoms with Crippen LogP contribution in [0.15, 0.2) is 18.2 Å². The molecule has 2 aromatic rings. The van der Waals surface area contributed by atoms with Crippen molar-refractivity contribution in [3.8, 4) is 0 Å². The SMILES string of the molecule is CCCN1CCc2c(C(=O)N3CCC(c4cccc(F)c4C(F)(F)F)CC3)n[nH]c2C1. The number of nitrogens with zero attached hydrogens (tertiary/aromatic N) is 3. The standard InChI is InChI=1S/C22H26F4N4O/c1-2-9-29-10-8-16-18(13-29)27-28-20(16)21(31)30-11-6-14(7-12-30)15-4-3-5-17(23)19(15)22(24,25)26/h3-5,14H,2,6-13H2,1H3,(H,27,28). The Morgan fingerprint density at radius 3 is 2.65 bits per heavy atom. The Balaban J connectivity index is 1.45. The minimum atomic E-state index is -4.74. The molecule has 0 aliphatic carbocycles. The van der Waals surface area contributed by atoms with Crippen LogP contribution in [0.1, 0.15) is 65.0 Å². The highest BCUT2D eigenvalue weighted by Gasteiger charge is 2.39. The Bertz CT molecular complexity index is 947. The fraction of sp³-hybridized carbons (Fsp3) is 0.545. The van der Waals surface area contributed by atoms with Crippen molar-refractivity contribution in [1.29, 1.82) is 0 Å². The number of alkyl halides is 3. The molecule has 1 fully saturated rings. The number of carbonyl (C=O) groups is 1. The third-order valence-corrected chi connectivity index (χ3v) is 6.31. The smallest absolute Gasteiger partial charge is 0.337 e. The average molecular weight is 438 g/mol. The zero-order chi connectivity index (χ0) is 22.2. The molecule has 1 aromatic heterocycles. The average Bonchev–Trinajstić information content (AvgIpc) is 3.16. The Morgan fingerprint density at radius 2 is 1.97 bits per heavy atom. The largest absolute Gasteiger partial charge is 0.419 e. The number of carbonyl (C=O) groups excluding carboxylic acids is 1. The number of likely N-dealkylation sites (tertiary alicyclic amines) is 1. The molecule has 1 aromatic carbocycles. The van der Waals surface area contributed by atoms with Crippen LogP contribution in [0, 0.1) is 5.82 Å². The first-order chi connectivity index (χ1) is 14.8. The van der Waals surface area contributed by atoms with Crippen molar-refractivity contribution in [1.82, 2.24) is 20.0 Å². The molecule has 0 atom stereocenters. The molecule has 0 spiro atoms. The van der Waals surface area contributed by atoms with E-state index < -0.39 is 23.5 Å². The van der Waals surface area contributed by atoms with Gasteiger partial charge in [0.25, 0.3) is 5.91 Å². The summed E-state index contributed by atoms with van der Waals surface area (Å²) in [5.41, 5.74) is 1.13. The van der Waals surface area contributed by atoms with Crippen molar-refractivity contribution in [3.05, 3.63) is 52.1 Å². The summed E-state index contributed by atoms with van der Waals surface area (Å²) in [6, 6.07) is 3.50. The van der Waals surface area contributed by atoms with E-state index in [1.165, 1.54) is 12.1 Å². The molecule has 5 nitrogen and oxygen atoms in total. The third-order valence-electron chi connectivity index (χ3n) is 6.31. The number of amides is 1. The van der Waals surface area contributed by atoms with E-state index in [0.29, 0.717) is 31.6 Å². The van der Waals surface area contributed by atoms with E-state index >= 15 is 0 Å². The predicted molar refractivity (Wildman–Crippen MR) is 107 cm³/mol. The van der Waals surface area contributed by atoms with Gasteiger partial charge in [0.05, 0.1) is 11.3 Å². The van der Waals surface area contributed by atoms with Crippen LogP contribution in [0.2, 0.25) is 0 Å². The molecule has 0 bridgehead atoms. The number of H-pyrrole nitrogens is 1. The zero-order valence-electron chi connectivity index (χ0n) is 17.4. The number of fused-ring (bicyclic) bond motifs is 1. The van der Waals surface area contributed by atoms with Crippen LogP contribution in [-0.2, 0) is 19.1 Å². The third kappa shape index (κ3) is 4.33. The maximum Gasteiger partial charge on any atom is 0.419 e. The number of aromatic amines is 1. The lowest BCUT2D eigenvalue weighted by molar-refractivity contribution is -0.140. The lowest BCUT2D eigenvalue weighted by Gasteiger charge is -2.33. The van der Waals surface area contributed by atoms with Crippen LogP contribution in [0.25, 0.3) is 0 Å². The molecule has 168 valence electrons. The molecule has 3 heterocycles. The maximum absolute atomic E-state index is 13.9. The van der Waals surface area contributed by atoms with Gasteiger partial charge in [-0.3, -0.25) is 14.8 Å². The normalized spacial score (nSPS) is 18.3. The molecule has 1 N–H and O–H groups in total. The summed E-state index contributed by atoms with van der Waals surface area (Å²) in [4.78, 5) is 17.0. The van der Waals surface area contributed by atoms with Gasteiger partial charge in [-0.2, -0.15) is 18.3 Å². The van der Waals surface area contributed by atoms with Gasteiger partial charge in [0.2, 0.25) is 0 Å². The van der Waals surface area contributed by atoms with E-state index in [2.05, 4.69) is 22.0 Å². The van der Waals surface area contributed by atoms with Crippen molar-refractivity contribution in [3.63, 3.8) is 0 Å². The molecule has 0 saturated carbocycles. The predicted octanol–water partition coefficient (Wildman–Crippen LogP) is 4.36. The Labute approximate surface area is 178 Å². The van der Waals surface area contributed by atoms with Gasteiger partial charge in [0.1, 0.15) is 5.82 Å². The molecule has 0 unspecified atom stereocenters. The highest BCUT2D eigenvalue weighted by molar-refractivity contribution is 5.94. The Hall–Kier alpha value is -2.42. The molecule has 0 radical (unpaired) electrons. The summed E-state index contributed by atoms with van der Waals surface area (Å²) in [6.45, 7) is 5.38. The molecule has 31 heavy (non-hydrogen) atoms. The van der Waals surface area contributed by atoms with Gasteiger partial charge in [-0.05, 0) is 49.8 Å². The van der Waals surface area contributed by atoms with Crippen molar-refractivity contribution in [2.45, 2.75) is 51.2 Å². The first-order valence-corrected chi connectivity index (χ1v) is 10.7. The van der Waals surface area contributed by atoms with Crippen LogP contribution >= 0.6 is 0 Å². The van der Waals surface area contributed by atoms with E-state index in [1.54, 1.807) is 4.90 Å². The molecule has 2 aliphatic rings. The number of piperidine rings is 1. The topological polar surface area (TPSA) is 52.2 Å². The molecule has 1 amide bonds. The number of hydrogen-bond acceptors (Lipinski definition) is 3. The minimum absolute atomic E-state index is 0.0206. The molecule has 1 saturated heterocycles. The van der Waals surface area contributed by atoms with Gasteiger partial charge in [-0.1, -0.05) is 19.1 Å². The van der Waals surface area contributed by atoms with Gasteiger partial charge in [0.15, 0.2) is 5.69 Å². The maximum atomic E-state index is 13.9. The monoisotopic (exact) mass is 438 g/mol. The Morgan fingerprint density at radius 1 is 1.23 bits per heavy atom. The summed E-state index contributed by atoms with van der Waals surface area (Å²) in [5.74, 6) is -1.87. The van der Waals surface area contributed by atoms with E-state index in [9.17, 15) is 22.4 Å². The quantitative estimate of drug-likeness (QED) is 0.722. The van der Waals surface area contributed by atoms with Crippen LogP contribution in [0.3, 0.4) is 0 Å². The number of hydrogen-bond donors (Lipinski definition) is 1. The first-order valence-electron chi connectivity index (χ1n) is 10.7. The van der Waals surface area contributed by atoms with E-state index in [1.807, 2.05) is 0 Å². The summed E-state index contributed by atoms with van der Waals surface area (Å²) in [6.07, 6.45) is -2.22. The molecule has 2 aliphatic heterocycles. The molecular formula is C22H26F4N4O. The fourth-order valence-electron chi connectivity index (χ4n) is 4.78. The van der Waals surface area contributed by atoms with Gasteiger partial charge in [-0.25, -0.2) is 4.39 Å². The lowest BCUT2D eigenvalue weighted by atomic mass is 9.86. The number of aromatic nitrogens is 2.